The van der Waals surface area contributed by atoms with Crippen LogP contribution < -0.4 is 0 Å². The number of ketones is 4. The number of benzene rings is 2. The number of rotatable bonds is 9. The fourth-order valence-corrected chi connectivity index (χ4v) is 3.14. The third-order valence-electron chi connectivity index (χ3n) is 4.96. The fraction of sp³-hybridized carbons (Fsp3) is 0.414. The highest BCUT2D eigenvalue weighted by Crippen LogP contribution is 2.18. The molecule has 0 aliphatic carbocycles. The Kier molecular flexibility index (Phi) is 11.4. The van der Waals surface area contributed by atoms with Gasteiger partial charge in [0, 0.05) is 30.4 Å². The van der Waals surface area contributed by atoms with E-state index in [4.69, 9.17) is 4.74 Å². The maximum absolute atomic E-state index is 12.2. The lowest BCUT2D eigenvalue weighted by Crippen LogP contribution is -2.33. The summed E-state index contributed by atoms with van der Waals surface area (Å²) in [4.78, 5) is 58.2. The van der Waals surface area contributed by atoms with E-state index in [0.717, 1.165) is 11.1 Å². The molecule has 0 spiro atoms. The minimum Gasteiger partial charge on any atom is -0.459 e. The number of hydrogen-bond acceptors (Lipinski definition) is 6. The Bertz CT molecular complexity index is 1070. The molecular weight excluding hydrogens is 444 g/mol. The van der Waals surface area contributed by atoms with Crippen LogP contribution in [0.2, 0.25) is 0 Å². The van der Waals surface area contributed by atoms with Crippen molar-refractivity contribution in [2.75, 3.05) is 0 Å². The van der Waals surface area contributed by atoms with Gasteiger partial charge in [-0.2, -0.15) is 0 Å². The van der Waals surface area contributed by atoms with Crippen LogP contribution in [0.1, 0.15) is 85.7 Å². The molecule has 0 aliphatic heterocycles. The molecule has 6 heteroatoms. The number of ether oxygens (including phenoxy) is 1. The van der Waals surface area contributed by atoms with Gasteiger partial charge in [-0.15, -0.1) is 0 Å². The third-order valence-corrected chi connectivity index (χ3v) is 4.96. The minimum absolute atomic E-state index is 0.0453. The van der Waals surface area contributed by atoms with E-state index in [9.17, 15) is 24.0 Å². The van der Waals surface area contributed by atoms with Gasteiger partial charge >= 0.3 is 5.97 Å². The normalized spacial score (nSPS) is 11.5. The molecule has 0 fully saturated rings. The Morgan fingerprint density at radius 1 is 0.771 bits per heavy atom. The Hall–Kier alpha value is -3.41. The maximum Gasteiger partial charge on any atom is 0.317 e. The van der Waals surface area contributed by atoms with Crippen molar-refractivity contribution in [2.45, 2.75) is 73.3 Å². The second kappa shape index (κ2) is 13.5. The Balaban J connectivity index is 0.000000379. The molecule has 0 N–H and O–H groups in total. The van der Waals surface area contributed by atoms with E-state index < -0.39 is 17.5 Å². The van der Waals surface area contributed by atoms with Gasteiger partial charge in [0.15, 0.2) is 11.6 Å². The van der Waals surface area contributed by atoms with E-state index in [2.05, 4.69) is 0 Å². The van der Waals surface area contributed by atoms with Crippen molar-refractivity contribution in [1.29, 1.82) is 0 Å². The van der Waals surface area contributed by atoms with E-state index in [1.165, 1.54) is 13.8 Å². The summed E-state index contributed by atoms with van der Waals surface area (Å²) in [6.07, 6.45) is 0.499. The van der Waals surface area contributed by atoms with Crippen LogP contribution in [0.3, 0.4) is 0 Å². The first-order valence-electron chi connectivity index (χ1n) is 11.6. The SMILES string of the molecule is CC(=O)C(CC(=O)c1cccc(C)c1)C(=O)OC(C)(C)C.CC(=O)CCC(=O)c1cccc(C)c1. The van der Waals surface area contributed by atoms with Crippen molar-refractivity contribution in [3.63, 3.8) is 0 Å². The zero-order valence-electron chi connectivity index (χ0n) is 21.8. The van der Waals surface area contributed by atoms with Gasteiger partial charge in [-0.1, -0.05) is 47.5 Å². The van der Waals surface area contributed by atoms with Gasteiger partial charge in [0.1, 0.15) is 23.1 Å². The highest BCUT2D eigenvalue weighted by atomic mass is 16.6. The van der Waals surface area contributed by atoms with Gasteiger partial charge in [-0.05, 0) is 60.6 Å². The van der Waals surface area contributed by atoms with Crippen molar-refractivity contribution < 1.29 is 28.7 Å². The molecule has 1 atom stereocenters. The zero-order valence-corrected chi connectivity index (χ0v) is 21.8. The molecule has 1 unspecified atom stereocenters. The van der Waals surface area contributed by atoms with E-state index in [-0.39, 0.29) is 29.6 Å². The van der Waals surface area contributed by atoms with Crippen LogP contribution in [0.25, 0.3) is 0 Å². The summed E-state index contributed by atoms with van der Waals surface area (Å²) in [5.74, 6) is -2.17. The smallest absolute Gasteiger partial charge is 0.317 e. The van der Waals surface area contributed by atoms with Gasteiger partial charge in [0.25, 0.3) is 0 Å². The summed E-state index contributed by atoms with van der Waals surface area (Å²) >= 11 is 0. The van der Waals surface area contributed by atoms with Gasteiger partial charge in [0.05, 0.1) is 0 Å². The predicted octanol–water partition coefficient (Wildman–Crippen LogP) is 5.66. The highest BCUT2D eigenvalue weighted by Gasteiger charge is 2.31. The molecule has 2 aromatic rings. The monoisotopic (exact) mass is 480 g/mol. The molecule has 0 amide bonds. The first-order valence-corrected chi connectivity index (χ1v) is 11.6. The number of carbonyl (C=O) groups excluding carboxylic acids is 5. The largest absolute Gasteiger partial charge is 0.459 e. The molecule has 0 radical (unpaired) electrons. The average molecular weight is 481 g/mol. The standard InChI is InChI=1S/C17H22O4.C12H14O2/c1-11-7-6-8-13(9-11)15(19)10-14(12(2)18)16(20)21-17(3,4)5;1-9-4-3-5-11(8-9)12(14)7-6-10(2)13/h6-9,14H,10H2,1-5H3;3-5,8H,6-7H2,1-2H3. The summed E-state index contributed by atoms with van der Waals surface area (Å²) in [7, 11) is 0. The minimum atomic E-state index is -1.04. The van der Waals surface area contributed by atoms with E-state index >= 15 is 0 Å². The van der Waals surface area contributed by atoms with Crippen LogP contribution in [-0.4, -0.2) is 34.7 Å². The van der Waals surface area contributed by atoms with Gasteiger partial charge in [0.2, 0.25) is 0 Å². The molecule has 188 valence electrons. The molecule has 0 saturated carbocycles. The van der Waals surface area contributed by atoms with Crippen LogP contribution in [0.5, 0.6) is 0 Å². The lowest BCUT2D eigenvalue weighted by molar-refractivity contribution is -0.161. The topological polar surface area (TPSA) is 94.6 Å². The van der Waals surface area contributed by atoms with Crippen molar-refractivity contribution in [2.24, 2.45) is 5.92 Å². The quantitative estimate of drug-likeness (QED) is 0.261. The Morgan fingerprint density at radius 3 is 1.66 bits per heavy atom. The molecule has 2 aromatic carbocycles. The molecule has 0 saturated heterocycles. The predicted molar refractivity (Wildman–Crippen MR) is 136 cm³/mol. The van der Waals surface area contributed by atoms with Crippen molar-refractivity contribution in [3.05, 3.63) is 70.8 Å². The summed E-state index contributed by atoms with van der Waals surface area (Å²) in [5, 5.41) is 0. The number of aryl methyl sites for hydroxylation is 2. The van der Waals surface area contributed by atoms with E-state index in [1.807, 2.05) is 38.1 Å². The zero-order chi connectivity index (χ0) is 26.8. The second-order valence-corrected chi connectivity index (χ2v) is 9.69. The lowest BCUT2D eigenvalue weighted by atomic mass is 9.94. The van der Waals surface area contributed by atoms with Gasteiger partial charge in [-0.25, -0.2) is 0 Å². The number of esters is 1. The summed E-state index contributed by atoms with van der Waals surface area (Å²) in [5.41, 5.74) is 2.55. The highest BCUT2D eigenvalue weighted by molar-refractivity contribution is 6.05. The van der Waals surface area contributed by atoms with Crippen molar-refractivity contribution in [1.82, 2.24) is 0 Å². The molecular formula is C29H36O6. The van der Waals surface area contributed by atoms with E-state index in [0.29, 0.717) is 24.0 Å². The lowest BCUT2D eigenvalue weighted by Gasteiger charge is -2.22. The van der Waals surface area contributed by atoms with Crippen LogP contribution in [0.15, 0.2) is 48.5 Å². The van der Waals surface area contributed by atoms with Crippen molar-refractivity contribution in [3.8, 4) is 0 Å². The molecule has 0 bridgehead atoms. The molecule has 0 aromatic heterocycles. The van der Waals surface area contributed by atoms with Gasteiger partial charge < -0.3 is 9.53 Å². The molecule has 35 heavy (non-hydrogen) atoms. The summed E-state index contributed by atoms with van der Waals surface area (Å²) in [6.45, 7) is 11.8. The van der Waals surface area contributed by atoms with Crippen LogP contribution in [0.4, 0.5) is 0 Å². The number of Topliss-reactive ketones (excluding diaryl/α,β-unsaturated/α-hetero) is 4. The molecule has 2 rings (SSSR count). The average Bonchev–Trinajstić information content (AvgIpc) is 2.74. The fourth-order valence-electron chi connectivity index (χ4n) is 3.14. The Labute approximate surface area is 208 Å². The first kappa shape index (κ1) is 29.6. The third kappa shape index (κ3) is 11.5. The van der Waals surface area contributed by atoms with E-state index in [1.54, 1.807) is 45.0 Å². The first-order chi connectivity index (χ1) is 16.2. The molecule has 0 aliphatic rings. The molecule has 6 nitrogen and oxygen atoms in total. The second-order valence-electron chi connectivity index (χ2n) is 9.69. The number of carbonyl (C=O) groups is 5. The van der Waals surface area contributed by atoms with Crippen molar-refractivity contribution >= 4 is 29.1 Å². The van der Waals surface area contributed by atoms with Gasteiger partial charge in [-0.3, -0.25) is 19.2 Å². The summed E-state index contributed by atoms with van der Waals surface area (Å²) in [6, 6.07) is 14.5. The van der Waals surface area contributed by atoms with Crippen LogP contribution >= 0.6 is 0 Å². The van der Waals surface area contributed by atoms with Crippen LogP contribution in [0, 0.1) is 19.8 Å². The Morgan fingerprint density at radius 2 is 1.26 bits per heavy atom. The number of hydrogen-bond donors (Lipinski definition) is 0. The maximum atomic E-state index is 12.2. The summed E-state index contributed by atoms with van der Waals surface area (Å²) < 4.78 is 5.21. The van der Waals surface area contributed by atoms with Crippen LogP contribution in [-0.2, 0) is 19.1 Å². The molecule has 0 heterocycles.